The van der Waals surface area contributed by atoms with Gasteiger partial charge in [0, 0.05) is 23.5 Å². The molecule has 1 amide bonds. The maximum Gasteiger partial charge on any atom is 0.251 e. The van der Waals surface area contributed by atoms with Gasteiger partial charge in [-0.05, 0) is 49.4 Å². The minimum atomic E-state index is -0.136. The van der Waals surface area contributed by atoms with Crippen molar-refractivity contribution in [2.24, 2.45) is 0 Å². The summed E-state index contributed by atoms with van der Waals surface area (Å²) in [4.78, 5) is 12.2. The molecule has 3 rings (SSSR count). The van der Waals surface area contributed by atoms with Crippen molar-refractivity contribution < 1.29 is 14.3 Å². The monoisotopic (exact) mass is 351 g/mol. The molecule has 0 fully saturated rings. The molecule has 134 valence electrons. The fraction of sp³-hybridized carbons (Fsp3) is 0.200. The van der Waals surface area contributed by atoms with Crippen molar-refractivity contribution in [2.45, 2.75) is 6.92 Å². The second-order valence-electron chi connectivity index (χ2n) is 5.71. The van der Waals surface area contributed by atoms with E-state index in [0.717, 1.165) is 17.1 Å². The number of amides is 1. The summed E-state index contributed by atoms with van der Waals surface area (Å²) in [7, 11) is 1.61. The van der Waals surface area contributed by atoms with Gasteiger partial charge in [0.15, 0.2) is 0 Å². The Kier molecular flexibility index (Phi) is 5.53. The summed E-state index contributed by atoms with van der Waals surface area (Å²) in [5.74, 6) is 1.31. The van der Waals surface area contributed by atoms with E-state index in [1.54, 1.807) is 31.5 Å². The number of nitrogens with one attached hydrogen (secondary N) is 1. The summed E-state index contributed by atoms with van der Waals surface area (Å²) in [5.41, 5.74) is 2.56. The highest BCUT2D eigenvalue weighted by Crippen LogP contribution is 2.18. The smallest absolute Gasteiger partial charge is 0.251 e. The van der Waals surface area contributed by atoms with E-state index in [-0.39, 0.29) is 5.91 Å². The maximum absolute atomic E-state index is 12.2. The first-order valence-electron chi connectivity index (χ1n) is 8.33. The van der Waals surface area contributed by atoms with E-state index in [0.29, 0.717) is 24.5 Å². The zero-order valence-electron chi connectivity index (χ0n) is 14.8. The van der Waals surface area contributed by atoms with E-state index in [2.05, 4.69) is 10.4 Å². The maximum atomic E-state index is 12.2. The Labute approximate surface area is 152 Å². The molecule has 2 aromatic carbocycles. The molecule has 1 aromatic heterocycles. The van der Waals surface area contributed by atoms with Crippen LogP contribution in [-0.4, -0.2) is 35.9 Å². The number of rotatable bonds is 7. The number of aromatic nitrogens is 2. The van der Waals surface area contributed by atoms with Crippen molar-refractivity contribution in [1.82, 2.24) is 15.1 Å². The minimum Gasteiger partial charge on any atom is -0.497 e. The number of hydrogen-bond acceptors (Lipinski definition) is 4. The van der Waals surface area contributed by atoms with E-state index >= 15 is 0 Å². The van der Waals surface area contributed by atoms with Gasteiger partial charge in [0.25, 0.3) is 5.91 Å². The van der Waals surface area contributed by atoms with Crippen LogP contribution in [0.5, 0.6) is 11.5 Å². The number of benzene rings is 2. The number of carbonyl (C=O) groups is 1. The van der Waals surface area contributed by atoms with Crippen LogP contribution < -0.4 is 14.8 Å². The third kappa shape index (κ3) is 4.22. The fourth-order valence-corrected chi connectivity index (χ4v) is 2.52. The fourth-order valence-electron chi connectivity index (χ4n) is 2.52. The standard InChI is InChI=1S/C20H21N3O3/c1-15-10-11-22-23(15)17-8-6-16(7-9-17)20(24)21-12-13-26-19-5-3-4-18(14-19)25-2/h3-11,14H,12-13H2,1-2H3,(H,21,24). The molecular weight excluding hydrogens is 330 g/mol. The third-order valence-electron chi connectivity index (χ3n) is 3.90. The normalized spacial score (nSPS) is 10.4. The number of hydrogen-bond donors (Lipinski definition) is 1. The molecule has 0 unspecified atom stereocenters. The third-order valence-corrected chi connectivity index (χ3v) is 3.90. The van der Waals surface area contributed by atoms with Gasteiger partial charge in [-0.15, -0.1) is 0 Å². The van der Waals surface area contributed by atoms with Gasteiger partial charge in [0.2, 0.25) is 0 Å². The highest BCUT2D eigenvalue weighted by Gasteiger charge is 2.07. The molecule has 6 heteroatoms. The molecule has 3 aromatic rings. The van der Waals surface area contributed by atoms with E-state index < -0.39 is 0 Å². The first-order valence-corrected chi connectivity index (χ1v) is 8.33. The van der Waals surface area contributed by atoms with E-state index in [1.807, 2.05) is 48.0 Å². The molecule has 0 aliphatic carbocycles. The van der Waals surface area contributed by atoms with E-state index in [9.17, 15) is 4.79 Å². The second kappa shape index (κ2) is 8.20. The molecule has 6 nitrogen and oxygen atoms in total. The first-order chi connectivity index (χ1) is 12.7. The van der Waals surface area contributed by atoms with Gasteiger partial charge in [0.05, 0.1) is 19.3 Å². The van der Waals surface area contributed by atoms with Crippen LogP contribution >= 0.6 is 0 Å². The van der Waals surface area contributed by atoms with Crippen molar-refractivity contribution in [3.8, 4) is 17.2 Å². The number of aryl methyl sites for hydroxylation is 1. The molecule has 0 saturated carbocycles. The number of nitrogens with zero attached hydrogens (tertiary/aromatic N) is 2. The predicted molar refractivity (Wildman–Crippen MR) is 99.1 cm³/mol. The molecule has 26 heavy (non-hydrogen) atoms. The van der Waals surface area contributed by atoms with Crippen LogP contribution in [0.2, 0.25) is 0 Å². The van der Waals surface area contributed by atoms with E-state index in [1.165, 1.54) is 0 Å². The molecular formula is C20H21N3O3. The molecule has 0 spiro atoms. The lowest BCUT2D eigenvalue weighted by Gasteiger charge is -2.09. The van der Waals surface area contributed by atoms with Crippen molar-refractivity contribution in [2.75, 3.05) is 20.3 Å². The largest absolute Gasteiger partial charge is 0.497 e. The summed E-state index contributed by atoms with van der Waals surface area (Å²) in [6.07, 6.45) is 1.75. The minimum absolute atomic E-state index is 0.136. The lowest BCUT2D eigenvalue weighted by Crippen LogP contribution is -2.28. The Morgan fingerprint density at radius 2 is 1.88 bits per heavy atom. The van der Waals surface area contributed by atoms with Crippen LogP contribution in [0.4, 0.5) is 0 Å². The quantitative estimate of drug-likeness (QED) is 0.665. The van der Waals surface area contributed by atoms with Crippen molar-refractivity contribution in [1.29, 1.82) is 0 Å². The summed E-state index contributed by atoms with van der Waals surface area (Å²) in [6, 6.07) is 16.6. The molecule has 1 N–H and O–H groups in total. The number of methoxy groups -OCH3 is 1. The Morgan fingerprint density at radius 1 is 1.12 bits per heavy atom. The zero-order chi connectivity index (χ0) is 18.4. The number of carbonyl (C=O) groups excluding carboxylic acids is 1. The predicted octanol–water partition coefficient (Wildman–Crippen LogP) is 3.00. The van der Waals surface area contributed by atoms with Crippen LogP contribution in [0.15, 0.2) is 60.8 Å². The van der Waals surface area contributed by atoms with Gasteiger partial charge in [0.1, 0.15) is 18.1 Å². The topological polar surface area (TPSA) is 65.4 Å². The van der Waals surface area contributed by atoms with Gasteiger partial charge in [-0.3, -0.25) is 4.79 Å². The summed E-state index contributed by atoms with van der Waals surface area (Å²) in [6.45, 7) is 2.77. The zero-order valence-corrected chi connectivity index (χ0v) is 14.8. The second-order valence-corrected chi connectivity index (χ2v) is 5.71. The lowest BCUT2D eigenvalue weighted by molar-refractivity contribution is 0.0947. The van der Waals surface area contributed by atoms with Gasteiger partial charge >= 0.3 is 0 Å². The Morgan fingerprint density at radius 3 is 2.58 bits per heavy atom. The van der Waals surface area contributed by atoms with Crippen molar-refractivity contribution in [3.63, 3.8) is 0 Å². The summed E-state index contributed by atoms with van der Waals surface area (Å²) in [5, 5.41) is 7.10. The molecule has 0 aliphatic heterocycles. The highest BCUT2D eigenvalue weighted by atomic mass is 16.5. The van der Waals surface area contributed by atoms with Crippen LogP contribution in [-0.2, 0) is 0 Å². The number of ether oxygens (including phenoxy) is 2. The molecule has 0 saturated heterocycles. The van der Waals surface area contributed by atoms with Gasteiger partial charge in [-0.25, -0.2) is 4.68 Å². The van der Waals surface area contributed by atoms with Crippen LogP contribution in [0, 0.1) is 6.92 Å². The summed E-state index contributed by atoms with van der Waals surface area (Å²) < 4.78 is 12.6. The van der Waals surface area contributed by atoms with Gasteiger partial charge in [-0.1, -0.05) is 6.07 Å². The Hall–Kier alpha value is -3.28. The van der Waals surface area contributed by atoms with Crippen LogP contribution in [0.1, 0.15) is 16.1 Å². The molecule has 0 atom stereocenters. The van der Waals surface area contributed by atoms with Crippen molar-refractivity contribution >= 4 is 5.91 Å². The first kappa shape index (κ1) is 17.5. The molecule has 1 heterocycles. The van der Waals surface area contributed by atoms with E-state index in [4.69, 9.17) is 9.47 Å². The van der Waals surface area contributed by atoms with Gasteiger partial charge in [-0.2, -0.15) is 5.10 Å². The van der Waals surface area contributed by atoms with Crippen molar-refractivity contribution in [3.05, 3.63) is 72.1 Å². The molecule has 0 aliphatic rings. The Balaban J connectivity index is 1.49. The van der Waals surface area contributed by atoms with Crippen LogP contribution in [0.25, 0.3) is 5.69 Å². The SMILES string of the molecule is COc1cccc(OCCNC(=O)c2ccc(-n3nccc3C)cc2)c1. The highest BCUT2D eigenvalue weighted by molar-refractivity contribution is 5.94. The average Bonchev–Trinajstić information content (AvgIpc) is 3.11. The Bertz CT molecular complexity index is 872. The average molecular weight is 351 g/mol. The molecule has 0 radical (unpaired) electrons. The van der Waals surface area contributed by atoms with Crippen LogP contribution in [0.3, 0.4) is 0 Å². The summed E-state index contributed by atoms with van der Waals surface area (Å²) >= 11 is 0. The molecule has 0 bridgehead atoms. The van der Waals surface area contributed by atoms with Gasteiger partial charge < -0.3 is 14.8 Å². The lowest BCUT2D eigenvalue weighted by atomic mass is 10.2.